The first-order valence-corrected chi connectivity index (χ1v) is 11.1. The van der Waals surface area contributed by atoms with Crippen molar-refractivity contribution in [2.24, 2.45) is 0 Å². The van der Waals surface area contributed by atoms with Crippen LogP contribution in [0.5, 0.6) is 0 Å². The van der Waals surface area contributed by atoms with Crippen LogP contribution in [0.2, 0.25) is 0 Å². The van der Waals surface area contributed by atoms with E-state index in [1.807, 2.05) is 13.8 Å². The lowest BCUT2D eigenvalue weighted by Crippen LogP contribution is -2.30. The van der Waals surface area contributed by atoms with Crippen molar-refractivity contribution in [3.05, 3.63) is 59.7 Å². The van der Waals surface area contributed by atoms with Gasteiger partial charge in [-0.25, -0.2) is 4.79 Å². The molecule has 2 rings (SSSR count). The number of carbonyl (C=O) groups excluding carboxylic acids is 3. The van der Waals surface area contributed by atoms with Crippen molar-refractivity contribution in [3.63, 3.8) is 0 Å². The standard InChI is InChI=1S/C22H26N2O5S/c1-4-24(5-2)21(26)16-10-9-11-17(14-16)23-20(25)15-29-22(27)18-12-7-8-13-19(18)30(28)6-3/h7-14H,4-6,15H2,1-3H3,(H,23,25). The molecule has 0 saturated carbocycles. The van der Waals surface area contributed by atoms with E-state index >= 15 is 0 Å². The highest BCUT2D eigenvalue weighted by atomic mass is 32.2. The molecule has 1 N–H and O–H groups in total. The number of anilines is 1. The number of carbonyl (C=O) groups is 3. The number of esters is 1. The van der Waals surface area contributed by atoms with Gasteiger partial charge < -0.3 is 15.0 Å². The Morgan fingerprint density at radius 2 is 1.70 bits per heavy atom. The molecule has 0 aliphatic heterocycles. The third-order valence-corrected chi connectivity index (χ3v) is 5.76. The van der Waals surface area contributed by atoms with Crippen LogP contribution in [-0.2, 0) is 20.3 Å². The van der Waals surface area contributed by atoms with Gasteiger partial charge in [0.25, 0.3) is 11.8 Å². The Hall–Kier alpha value is -3.00. The average Bonchev–Trinajstić information content (AvgIpc) is 2.77. The van der Waals surface area contributed by atoms with Gasteiger partial charge in [0.1, 0.15) is 0 Å². The third kappa shape index (κ3) is 6.00. The van der Waals surface area contributed by atoms with Gasteiger partial charge in [-0.3, -0.25) is 13.8 Å². The summed E-state index contributed by atoms with van der Waals surface area (Å²) >= 11 is 0. The van der Waals surface area contributed by atoms with E-state index in [1.54, 1.807) is 54.3 Å². The summed E-state index contributed by atoms with van der Waals surface area (Å²) < 4.78 is 17.2. The number of amides is 2. The molecule has 0 saturated heterocycles. The van der Waals surface area contributed by atoms with Crippen molar-refractivity contribution in [1.29, 1.82) is 0 Å². The van der Waals surface area contributed by atoms with Gasteiger partial charge in [0, 0.05) is 30.1 Å². The van der Waals surface area contributed by atoms with Crippen molar-refractivity contribution in [2.45, 2.75) is 25.7 Å². The van der Waals surface area contributed by atoms with E-state index in [0.29, 0.717) is 35.0 Å². The Labute approximate surface area is 178 Å². The molecule has 2 aromatic carbocycles. The maximum atomic E-state index is 12.4. The normalized spacial score (nSPS) is 11.4. The number of benzene rings is 2. The van der Waals surface area contributed by atoms with E-state index in [-0.39, 0.29) is 11.5 Å². The second-order valence-corrected chi connectivity index (χ2v) is 8.02. The van der Waals surface area contributed by atoms with E-state index in [2.05, 4.69) is 5.32 Å². The van der Waals surface area contributed by atoms with Crippen LogP contribution in [0, 0.1) is 0 Å². The first kappa shape index (κ1) is 23.3. The molecule has 0 aliphatic rings. The van der Waals surface area contributed by atoms with Crippen molar-refractivity contribution in [3.8, 4) is 0 Å². The summed E-state index contributed by atoms with van der Waals surface area (Å²) in [7, 11) is -1.32. The summed E-state index contributed by atoms with van der Waals surface area (Å²) in [6.07, 6.45) is 0. The molecule has 2 aromatic rings. The van der Waals surface area contributed by atoms with Gasteiger partial charge in [-0.15, -0.1) is 0 Å². The molecule has 7 nitrogen and oxygen atoms in total. The second kappa shape index (κ2) is 11.3. The lowest BCUT2D eigenvalue weighted by Gasteiger charge is -2.19. The summed E-state index contributed by atoms with van der Waals surface area (Å²) in [6, 6.07) is 13.1. The fraction of sp³-hybridized carbons (Fsp3) is 0.318. The Balaban J connectivity index is 2.01. The summed E-state index contributed by atoms with van der Waals surface area (Å²) in [5, 5.41) is 2.62. The molecule has 0 spiro atoms. The van der Waals surface area contributed by atoms with Crippen molar-refractivity contribution >= 4 is 34.3 Å². The van der Waals surface area contributed by atoms with Crippen LogP contribution in [-0.4, -0.2) is 52.3 Å². The minimum absolute atomic E-state index is 0.122. The van der Waals surface area contributed by atoms with Crippen LogP contribution in [0.1, 0.15) is 41.5 Å². The zero-order chi connectivity index (χ0) is 22.1. The lowest BCUT2D eigenvalue weighted by atomic mass is 10.1. The summed E-state index contributed by atoms with van der Waals surface area (Å²) in [5.74, 6) is -1.01. The summed E-state index contributed by atoms with van der Waals surface area (Å²) in [6.45, 7) is 6.23. The minimum atomic E-state index is -1.32. The Bertz CT molecular complexity index is 941. The summed E-state index contributed by atoms with van der Waals surface area (Å²) in [4.78, 5) is 39.1. The second-order valence-electron chi connectivity index (χ2n) is 6.31. The molecule has 0 fully saturated rings. The quantitative estimate of drug-likeness (QED) is 0.617. The van der Waals surface area contributed by atoms with Gasteiger partial charge in [-0.1, -0.05) is 25.1 Å². The van der Waals surface area contributed by atoms with Gasteiger partial charge in [0.05, 0.1) is 21.3 Å². The molecule has 0 bridgehead atoms. The molecule has 1 atom stereocenters. The number of ether oxygens (including phenoxy) is 1. The number of hydrogen-bond donors (Lipinski definition) is 1. The predicted molar refractivity (Wildman–Crippen MR) is 116 cm³/mol. The lowest BCUT2D eigenvalue weighted by molar-refractivity contribution is -0.119. The molecular formula is C22H26N2O5S. The maximum absolute atomic E-state index is 12.4. The van der Waals surface area contributed by atoms with Crippen molar-refractivity contribution in [1.82, 2.24) is 4.90 Å². The Morgan fingerprint density at radius 1 is 1.00 bits per heavy atom. The van der Waals surface area contributed by atoms with Crippen LogP contribution in [0.3, 0.4) is 0 Å². The van der Waals surface area contributed by atoms with E-state index < -0.39 is 29.3 Å². The average molecular weight is 431 g/mol. The highest BCUT2D eigenvalue weighted by molar-refractivity contribution is 7.85. The van der Waals surface area contributed by atoms with E-state index in [9.17, 15) is 18.6 Å². The summed E-state index contributed by atoms with van der Waals surface area (Å²) in [5.41, 5.74) is 1.07. The molecule has 160 valence electrons. The highest BCUT2D eigenvalue weighted by Crippen LogP contribution is 2.16. The minimum Gasteiger partial charge on any atom is -0.452 e. The number of nitrogens with one attached hydrogen (secondary N) is 1. The van der Waals surface area contributed by atoms with Crippen LogP contribution >= 0.6 is 0 Å². The molecule has 0 heterocycles. The monoisotopic (exact) mass is 430 g/mol. The zero-order valence-corrected chi connectivity index (χ0v) is 18.2. The molecule has 30 heavy (non-hydrogen) atoms. The smallest absolute Gasteiger partial charge is 0.339 e. The van der Waals surface area contributed by atoms with E-state index in [4.69, 9.17) is 4.74 Å². The van der Waals surface area contributed by atoms with Crippen LogP contribution in [0.15, 0.2) is 53.4 Å². The Morgan fingerprint density at radius 3 is 2.37 bits per heavy atom. The molecule has 0 aliphatic carbocycles. The van der Waals surface area contributed by atoms with Crippen molar-refractivity contribution in [2.75, 3.05) is 30.8 Å². The molecule has 0 radical (unpaired) electrons. The maximum Gasteiger partial charge on any atom is 0.339 e. The van der Waals surface area contributed by atoms with Gasteiger partial charge in [0.15, 0.2) is 6.61 Å². The fourth-order valence-electron chi connectivity index (χ4n) is 2.82. The first-order chi connectivity index (χ1) is 14.4. The molecular weight excluding hydrogens is 404 g/mol. The third-order valence-electron chi connectivity index (χ3n) is 4.39. The van der Waals surface area contributed by atoms with Gasteiger partial charge in [-0.2, -0.15) is 0 Å². The van der Waals surface area contributed by atoms with Gasteiger partial charge in [0.2, 0.25) is 0 Å². The number of hydrogen-bond acceptors (Lipinski definition) is 5. The van der Waals surface area contributed by atoms with Crippen LogP contribution in [0.4, 0.5) is 5.69 Å². The van der Waals surface area contributed by atoms with Gasteiger partial charge >= 0.3 is 5.97 Å². The van der Waals surface area contributed by atoms with Gasteiger partial charge in [-0.05, 0) is 44.2 Å². The first-order valence-electron chi connectivity index (χ1n) is 9.74. The zero-order valence-electron chi connectivity index (χ0n) is 17.3. The molecule has 1 unspecified atom stereocenters. The van der Waals surface area contributed by atoms with Crippen LogP contribution in [0.25, 0.3) is 0 Å². The fourth-order valence-corrected chi connectivity index (χ4v) is 3.76. The molecule has 8 heteroatoms. The van der Waals surface area contributed by atoms with Crippen LogP contribution < -0.4 is 5.32 Å². The van der Waals surface area contributed by atoms with E-state index in [1.165, 1.54) is 6.07 Å². The molecule has 0 aromatic heterocycles. The van der Waals surface area contributed by atoms with E-state index in [0.717, 1.165) is 0 Å². The molecule has 2 amide bonds. The van der Waals surface area contributed by atoms with Crippen molar-refractivity contribution < 1.29 is 23.3 Å². The highest BCUT2D eigenvalue weighted by Gasteiger charge is 2.18. The number of rotatable bonds is 9. The predicted octanol–water partition coefficient (Wildman–Crippen LogP) is 3.09. The Kier molecular flexibility index (Phi) is 8.73. The number of nitrogens with zero attached hydrogens (tertiary/aromatic N) is 1. The largest absolute Gasteiger partial charge is 0.452 e. The SMILES string of the molecule is CCN(CC)C(=O)c1cccc(NC(=O)COC(=O)c2ccccc2S(=O)CC)c1. The topological polar surface area (TPSA) is 92.8 Å².